The summed E-state index contributed by atoms with van der Waals surface area (Å²) in [4.78, 5) is 45.2. The standard InChI is InChI=1S/C32H33F3N6O4/c1-41(14-11-39(12-15-41)31(44)22-3-5-23(33)6-4-22)13-2-16-45-25-7-8-28-27(17-25)26(9-10-37-28)30(43)38-20-29(42)40-21-32(34,35)18-24(40)19-36/h3-10,17,24H,2,11-16,18,20-21H2,1H3/p+1/t24-/m0/s1. The van der Waals surface area contributed by atoms with Crippen LogP contribution in [0.25, 0.3) is 10.9 Å². The molecule has 0 spiro atoms. The summed E-state index contributed by atoms with van der Waals surface area (Å²) in [5.41, 5.74) is 1.26. The zero-order valence-electron chi connectivity index (χ0n) is 24.8. The van der Waals surface area contributed by atoms with Crippen LogP contribution in [0.15, 0.2) is 54.7 Å². The number of ether oxygens (including phenoxy) is 1. The van der Waals surface area contributed by atoms with E-state index < -0.39 is 43.3 Å². The van der Waals surface area contributed by atoms with Crippen LogP contribution in [-0.2, 0) is 4.79 Å². The van der Waals surface area contributed by atoms with Gasteiger partial charge in [-0.2, -0.15) is 5.26 Å². The average molecular weight is 624 g/mol. The van der Waals surface area contributed by atoms with Crippen LogP contribution in [0.4, 0.5) is 13.2 Å². The third-order valence-electron chi connectivity index (χ3n) is 8.41. The molecule has 0 aliphatic carbocycles. The maximum absolute atomic E-state index is 13.7. The fourth-order valence-electron chi connectivity index (χ4n) is 5.75. The fraction of sp³-hybridized carbons (Fsp3) is 0.406. The minimum Gasteiger partial charge on any atom is -0.493 e. The lowest BCUT2D eigenvalue weighted by Crippen LogP contribution is -2.58. The molecule has 0 radical (unpaired) electrons. The number of benzene rings is 2. The smallest absolute Gasteiger partial charge is 0.268 e. The minimum absolute atomic E-state index is 0.0982. The monoisotopic (exact) mass is 623 g/mol. The Hall–Kier alpha value is -4.70. The second-order valence-electron chi connectivity index (χ2n) is 11.7. The summed E-state index contributed by atoms with van der Waals surface area (Å²) in [6.07, 6.45) is 1.49. The largest absolute Gasteiger partial charge is 0.493 e. The summed E-state index contributed by atoms with van der Waals surface area (Å²) in [6.45, 7) is 2.66. The van der Waals surface area contributed by atoms with Gasteiger partial charge >= 0.3 is 0 Å². The van der Waals surface area contributed by atoms with Gasteiger partial charge in [-0.15, -0.1) is 0 Å². The van der Waals surface area contributed by atoms with Gasteiger partial charge in [0.1, 0.15) is 17.6 Å². The molecule has 1 aromatic heterocycles. The van der Waals surface area contributed by atoms with Gasteiger partial charge in [0.05, 0.1) is 76.6 Å². The van der Waals surface area contributed by atoms with Crippen molar-refractivity contribution < 1.29 is 36.8 Å². The van der Waals surface area contributed by atoms with E-state index in [4.69, 9.17) is 10.00 Å². The van der Waals surface area contributed by atoms with Crippen LogP contribution in [0.2, 0.25) is 0 Å². The Kier molecular flexibility index (Phi) is 9.24. The fourth-order valence-corrected chi connectivity index (χ4v) is 5.75. The van der Waals surface area contributed by atoms with Crippen molar-refractivity contribution in [3.05, 3.63) is 71.7 Å². The van der Waals surface area contributed by atoms with E-state index in [0.29, 0.717) is 41.9 Å². The van der Waals surface area contributed by atoms with E-state index in [-0.39, 0.29) is 17.3 Å². The molecule has 0 saturated carbocycles. The molecule has 0 unspecified atom stereocenters. The topological polar surface area (TPSA) is 116 Å². The number of nitrogens with zero attached hydrogens (tertiary/aromatic N) is 5. The van der Waals surface area contributed by atoms with Crippen LogP contribution in [0.3, 0.4) is 0 Å². The molecule has 2 saturated heterocycles. The summed E-state index contributed by atoms with van der Waals surface area (Å²) in [7, 11) is 2.15. The summed E-state index contributed by atoms with van der Waals surface area (Å²) < 4.78 is 47.4. The molecular formula is C32H34F3N6O4+. The Balaban J connectivity index is 1.12. The molecule has 2 fully saturated rings. The number of hydrogen-bond donors (Lipinski definition) is 1. The summed E-state index contributed by atoms with van der Waals surface area (Å²) in [5.74, 6) is -4.42. The third-order valence-corrected chi connectivity index (χ3v) is 8.41. The zero-order chi connectivity index (χ0) is 32.2. The van der Waals surface area contributed by atoms with Gasteiger partial charge in [-0.3, -0.25) is 19.4 Å². The first-order valence-corrected chi connectivity index (χ1v) is 14.7. The Bertz CT molecular complexity index is 1620. The quantitative estimate of drug-likeness (QED) is 0.289. The summed E-state index contributed by atoms with van der Waals surface area (Å²) in [6, 6.07) is 12.7. The molecule has 1 atom stereocenters. The number of nitrogens with one attached hydrogen (secondary N) is 1. The number of piperazine rings is 1. The van der Waals surface area contributed by atoms with Crippen LogP contribution >= 0.6 is 0 Å². The number of aromatic nitrogens is 1. The van der Waals surface area contributed by atoms with Gasteiger partial charge in [0.2, 0.25) is 5.91 Å². The first-order chi connectivity index (χ1) is 21.5. The highest BCUT2D eigenvalue weighted by molar-refractivity contribution is 6.07. The normalized spacial score (nSPS) is 18.8. The van der Waals surface area contributed by atoms with Gasteiger partial charge in [0, 0.05) is 30.0 Å². The number of fused-ring (bicyclic) bond motifs is 1. The SMILES string of the molecule is C[N+]1(CCCOc2ccc3nccc(C(=O)NCC(=O)N4CC(F)(F)C[C@H]4C#N)c3c2)CCN(C(=O)c2ccc(F)cc2)CC1. The van der Waals surface area contributed by atoms with Crippen molar-refractivity contribution >= 4 is 28.6 Å². The molecule has 0 bridgehead atoms. The highest BCUT2D eigenvalue weighted by Crippen LogP contribution is 2.31. The second-order valence-corrected chi connectivity index (χ2v) is 11.7. The molecule has 2 aliphatic rings. The first-order valence-electron chi connectivity index (χ1n) is 14.7. The molecule has 3 aromatic rings. The highest BCUT2D eigenvalue weighted by atomic mass is 19.3. The van der Waals surface area contributed by atoms with E-state index in [1.807, 2.05) is 0 Å². The molecular weight excluding hydrogens is 589 g/mol. The van der Waals surface area contributed by atoms with Crippen LogP contribution in [0.1, 0.15) is 33.6 Å². The van der Waals surface area contributed by atoms with Crippen molar-refractivity contribution in [3.63, 3.8) is 0 Å². The molecule has 45 heavy (non-hydrogen) atoms. The van der Waals surface area contributed by atoms with E-state index >= 15 is 0 Å². The molecule has 2 aromatic carbocycles. The Morgan fingerprint density at radius 2 is 1.87 bits per heavy atom. The third kappa shape index (κ3) is 7.51. The number of quaternary nitrogens is 1. The molecule has 10 nitrogen and oxygen atoms in total. The zero-order valence-corrected chi connectivity index (χ0v) is 24.8. The number of hydrogen-bond acceptors (Lipinski definition) is 6. The van der Waals surface area contributed by atoms with Crippen LogP contribution in [0, 0.1) is 17.1 Å². The Morgan fingerprint density at radius 3 is 2.58 bits per heavy atom. The van der Waals surface area contributed by atoms with E-state index in [9.17, 15) is 27.6 Å². The first kappa shape index (κ1) is 31.7. The number of halogens is 3. The van der Waals surface area contributed by atoms with E-state index in [2.05, 4.69) is 17.3 Å². The number of nitriles is 1. The van der Waals surface area contributed by atoms with E-state index in [1.54, 1.807) is 29.2 Å². The van der Waals surface area contributed by atoms with E-state index in [0.717, 1.165) is 35.4 Å². The lowest BCUT2D eigenvalue weighted by molar-refractivity contribution is -0.913. The maximum Gasteiger partial charge on any atom is 0.268 e. The molecule has 3 heterocycles. The maximum atomic E-state index is 13.7. The van der Waals surface area contributed by atoms with Crippen molar-refractivity contribution in [3.8, 4) is 11.8 Å². The summed E-state index contributed by atoms with van der Waals surface area (Å²) >= 11 is 0. The molecule has 13 heteroatoms. The predicted molar refractivity (Wildman–Crippen MR) is 158 cm³/mol. The second kappa shape index (κ2) is 13.1. The van der Waals surface area contributed by atoms with Gasteiger partial charge in [-0.05, 0) is 48.5 Å². The lowest BCUT2D eigenvalue weighted by Gasteiger charge is -2.42. The number of pyridine rings is 1. The Labute approximate surface area is 258 Å². The van der Waals surface area contributed by atoms with Gasteiger partial charge in [0.15, 0.2) is 0 Å². The van der Waals surface area contributed by atoms with Crippen LogP contribution < -0.4 is 10.1 Å². The molecule has 2 aliphatic heterocycles. The molecule has 3 amide bonds. The number of amides is 3. The van der Waals surface area contributed by atoms with Gasteiger partial charge in [-0.1, -0.05) is 0 Å². The van der Waals surface area contributed by atoms with Crippen molar-refractivity contribution in [1.29, 1.82) is 5.26 Å². The number of likely N-dealkylation sites (tertiary alicyclic amines) is 1. The van der Waals surface area contributed by atoms with Crippen molar-refractivity contribution in [2.45, 2.75) is 24.8 Å². The predicted octanol–water partition coefficient (Wildman–Crippen LogP) is 3.23. The van der Waals surface area contributed by atoms with Crippen molar-refractivity contribution in [2.75, 3.05) is 59.5 Å². The molecule has 1 N–H and O–H groups in total. The number of alkyl halides is 2. The summed E-state index contributed by atoms with van der Waals surface area (Å²) in [5, 5.41) is 12.1. The van der Waals surface area contributed by atoms with Crippen LogP contribution in [0.5, 0.6) is 5.75 Å². The van der Waals surface area contributed by atoms with Gasteiger partial charge in [0.25, 0.3) is 17.7 Å². The number of carbonyl (C=O) groups excluding carboxylic acids is 3. The molecule has 5 rings (SSSR count). The van der Waals surface area contributed by atoms with Gasteiger partial charge < -0.3 is 24.3 Å². The molecule has 236 valence electrons. The minimum atomic E-state index is -3.14. The van der Waals surface area contributed by atoms with E-state index in [1.165, 1.54) is 36.5 Å². The number of likely N-dealkylation sites (N-methyl/N-ethyl adjacent to an activating group) is 1. The highest BCUT2D eigenvalue weighted by Gasteiger charge is 2.47. The van der Waals surface area contributed by atoms with Crippen LogP contribution in [-0.4, -0.2) is 108 Å². The van der Waals surface area contributed by atoms with Gasteiger partial charge in [-0.25, -0.2) is 13.2 Å². The number of rotatable bonds is 9. The Morgan fingerprint density at radius 1 is 1.13 bits per heavy atom. The number of carbonyl (C=O) groups is 3. The lowest BCUT2D eigenvalue weighted by atomic mass is 10.1. The average Bonchev–Trinajstić information content (AvgIpc) is 3.36. The van der Waals surface area contributed by atoms with Crippen molar-refractivity contribution in [2.24, 2.45) is 0 Å². The van der Waals surface area contributed by atoms with Crippen molar-refractivity contribution in [1.82, 2.24) is 20.1 Å².